The number of aromatic nitrogens is 2. The van der Waals surface area contributed by atoms with Crippen LogP contribution in [0.15, 0.2) is 4.52 Å². The van der Waals surface area contributed by atoms with Crippen LogP contribution in [0.5, 0.6) is 0 Å². The summed E-state index contributed by atoms with van der Waals surface area (Å²) in [5, 5.41) is 7.36. The lowest BCUT2D eigenvalue weighted by Gasteiger charge is -2.27. The van der Waals surface area contributed by atoms with Gasteiger partial charge in [0.15, 0.2) is 5.82 Å². The van der Waals surface area contributed by atoms with Crippen molar-refractivity contribution in [2.45, 2.75) is 64.0 Å². The maximum atomic E-state index is 12.5. The van der Waals surface area contributed by atoms with E-state index < -0.39 is 0 Å². The molecule has 2 bridgehead atoms. The third kappa shape index (κ3) is 3.60. The van der Waals surface area contributed by atoms with Crippen molar-refractivity contribution in [3.63, 3.8) is 0 Å². The first-order valence-corrected chi connectivity index (χ1v) is 7.99. The van der Waals surface area contributed by atoms with Crippen LogP contribution in [0, 0.1) is 0 Å². The van der Waals surface area contributed by atoms with Crippen LogP contribution in [-0.4, -0.2) is 46.1 Å². The Kier molecular flexibility index (Phi) is 5.81. The predicted molar refractivity (Wildman–Crippen MR) is 85.1 cm³/mol. The number of amides is 1. The van der Waals surface area contributed by atoms with Crippen LogP contribution in [0.3, 0.4) is 0 Å². The van der Waals surface area contributed by atoms with Crippen molar-refractivity contribution in [2.24, 2.45) is 0 Å². The van der Waals surface area contributed by atoms with Crippen LogP contribution in [0.4, 0.5) is 0 Å². The molecule has 3 rings (SSSR count). The topological polar surface area (TPSA) is 71.3 Å². The van der Waals surface area contributed by atoms with Gasteiger partial charge in [-0.05, 0) is 25.8 Å². The minimum Gasteiger partial charge on any atom is -0.339 e. The second-order valence-electron chi connectivity index (χ2n) is 6.38. The van der Waals surface area contributed by atoms with Crippen molar-refractivity contribution < 1.29 is 9.32 Å². The highest BCUT2D eigenvalue weighted by Crippen LogP contribution is 2.28. The Labute approximate surface area is 137 Å². The molecule has 2 unspecified atom stereocenters. The molecular formula is C15H25ClN4O2. The lowest BCUT2D eigenvalue weighted by molar-refractivity contribution is -0.133. The highest BCUT2D eigenvalue weighted by Gasteiger charge is 2.37. The summed E-state index contributed by atoms with van der Waals surface area (Å²) in [6.45, 7) is 6.01. The second-order valence-corrected chi connectivity index (χ2v) is 6.38. The summed E-state index contributed by atoms with van der Waals surface area (Å²) in [7, 11) is 0. The maximum Gasteiger partial charge on any atom is 0.227 e. The minimum absolute atomic E-state index is 0. The van der Waals surface area contributed by atoms with Gasteiger partial charge < -0.3 is 14.7 Å². The normalized spacial score (nSPS) is 24.2. The lowest BCUT2D eigenvalue weighted by atomic mass is 10.1. The van der Waals surface area contributed by atoms with E-state index in [4.69, 9.17) is 4.52 Å². The molecule has 1 amide bonds. The number of fused-ring (bicyclic) bond motifs is 2. The minimum atomic E-state index is 0. The van der Waals surface area contributed by atoms with Gasteiger partial charge in [-0.1, -0.05) is 19.0 Å². The van der Waals surface area contributed by atoms with E-state index >= 15 is 0 Å². The van der Waals surface area contributed by atoms with Crippen molar-refractivity contribution >= 4 is 18.3 Å². The van der Waals surface area contributed by atoms with Crippen molar-refractivity contribution in [1.29, 1.82) is 0 Å². The van der Waals surface area contributed by atoms with Gasteiger partial charge in [0.2, 0.25) is 11.8 Å². The number of hydrogen-bond acceptors (Lipinski definition) is 5. The van der Waals surface area contributed by atoms with Crippen molar-refractivity contribution in [3.8, 4) is 0 Å². The van der Waals surface area contributed by atoms with E-state index in [1.807, 2.05) is 13.8 Å². The molecule has 6 nitrogen and oxygen atoms in total. The third-order valence-electron chi connectivity index (χ3n) is 4.50. The Morgan fingerprint density at radius 2 is 2.14 bits per heavy atom. The zero-order chi connectivity index (χ0) is 14.8. The molecule has 2 atom stereocenters. The van der Waals surface area contributed by atoms with E-state index in [1.54, 1.807) is 0 Å². The van der Waals surface area contributed by atoms with Crippen molar-refractivity contribution in [2.75, 3.05) is 13.1 Å². The lowest BCUT2D eigenvalue weighted by Crippen LogP contribution is -2.42. The number of aryl methyl sites for hydroxylation is 1. The van der Waals surface area contributed by atoms with E-state index in [0.717, 1.165) is 38.2 Å². The van der Waals surface area contributed by atoms with Crippen LogP contribution in [0.1, 0.15) is 57.2 Å². The molecule has 2 aliphatic rings. The number of carbonyl (C=O) groups excluding carboxylic acids is 1. The van der Waals surface area contributed by atoms with Gasteiger partial charge in [0.1, 0.15) is 0 Å². The first-order valence-electron chi connectivity index (χ1n) is 7.99. The summed E-state index contributed by atoms with van der Waals surface area (Å²) >= 11 is 0. The zero-order valence-corrected chi connectivity index (χ0v) is 14.1. The van der Waals surface area contributed by atoms with Crippen LogP contribution in [-0.2, 0) is 11.2 Å². The fourth-order valence-electron chi connectivity index (χ4n) is 3.34. The number of carbonyl (C=O) groups is 1. The predicted octanol–water partition coefficient (Wildman–Crippen LogP) is 1.90. The molecule has 22 heavy (non-hydrogen) atoms. The van der Waals surface area contributed by atoms with Gasteiger partial charge in [-0.15, -0.1) is 12.4 Å². The quantitative estimate of drug-likeness (QED) is 0.914. The Morgan fingerprint density at radius 1 is 1.36 bits per heavy atom. The van der Waals surface area contributed by atoms with Crippen molar-refractivity contribution in [1.82, 2.24) is 20.4 Å². The fourth-order valence-corrected chi connectivity index (χ4v) is 3.34. The van der Waals surface area contributed by atoms with E-state index in [1.165, 1.54) is 0 Å². The average Bonchev–Trinajstić information content (AvgIpc) is 3.00. The van der Waals surface area contributed by atoms with E-state index in [2.05, 4.69) is 20.4 Å². The molecule has 3 heterocycles. The molecule has 1 aromatic heterocycles. The second kappa shape index (κ2) is 7.42. The van der Waals surface area contributed by atoms with Gasteiger partial charge in [-0.25, -0.2) is 0 Å². The first kappa shape index (κ1) is 17.2. The molecule has 0 saturated carbocycles. The third-order valence-corrected chi connectivity index (χ3v) is 4.50. The van der Waals surface area contributed by atoms with Gasteiger partial charge in [0, 0.05) is 37.4 Å². The molecule has 2 fully saturated rings. The van der Waals surface area contributed by atoms with Crippen LogP contribution in [0.2, 0.25) is 0 Å². The molecule has 2 saturated heterocycles. The molecule has 0 aliphatic carbocycles. The first-order chi connectivity index (χ1) is 10.1. The summed E-state index contributed by atoms with van der Waals surface area (Å²) in [4.78, 5) is 19.0. The Bertz CT molecular complexity index is 491. The van der Waals surface area contributed by atoms with Gasteiger partial charge >= 0.3 is 0 Å². The number of hydrogen-bond donors (Lipinski definition) is 1. The summed E-state index contributed by atoms with van der Waals surface area (Å²) in [5.74, 6) is 1.78. The Hall–Kier alpha value is -1.14. The van der Waals surface area contributed by atoms with Gasteiger partial charge in [-0.3, -0.25) is 4.79 Å². The average molecular weight is 329 g/mol. The number of nitrogens with one attached hydrogen (secondary N) is 1. The number of halogens is 1. The Morgan fingerprint density at radius 3 is 2.86 bits per heavy atom. The Balaban J connectivity index is 0.00000176. The SMILES string of the molecule is CC(C)c1noc(CCC(=O)N2C3CCNCC2CC3)n1.Cl. The van der Waals surface area contributed by atoms with Crippen LogP contribution < -0.4 is 5.32 Å². The van der Waals surface area contributed by atoms with E-state index in [-0.39, 0.29) is 24.2 Å². The smallest absolute Gasteiger partial charge is 0.227 e. The van der Waals surface area contributed by atoms with Crippen LogP contribution >= 0.6 is 12.4 Å². The summed E-state index contributed by atoms with van der Waals surface area (Å²) in [5.41, 5.74) is 0. The summed E-state index contributed by atoms with van der Waals surface area (Å²) in [6.07, 6.45) is 4.35. The van der Waals surface area contributed by atoms with E-state index in [0.29, 0.717) is 30.8 Å². The van der Waals surface area contributed by atoms with Gasteiger partial charge in [0.05, 0.1) is 0 Å². The summed E-state index contributed by atoms with van der Waals surface area (Å²) in [6, 6.07) is 0.797. The standard InChI is InChI=1S/C15H24N4O2.ClH/c1-10(2)15-17-13(21-18-15)5-6-14(20)19-11-3-4-12(19)9-16-8-7-11;/h10-12,16H,3-9H2,1-2H3;1H. The molecule has 1 N–H and O–H groups in total. The monoisotopic (exact) mass is 328 g/mol. The van der Waals surface area contributed by atoms with Crippen molar-refractivity contribution in [3.05, 3.63) is 11.7 Å². The molecule has 7 heteroatoms. The van der Waals surface area contributed by atoms with Crippen LogP contribution in [0.25, 0.3) is 0 Å². The van der Waals surface area contributed by atoms with E-state index in [9.17, 15) is 4.79 Å². The highest BCUT2D eigenvalue weighted by molar-refractivity contribution is 5.85. The van der Waals surface area contributed by atoms with Gasteiger partial charge in [0.25, 0.3) is 0 Å². The molecule has 124 valence electrons. The largest absolute Gasteiger partial charge is 0.339 e. The number of rotatable bonds is 4. The molecule has 1 aromatic rings. The zero-order valence-electron chi connectivity index (χ0n) is 13.2. The molecule has 2 aliphatic heterocycles. The summed E-state index contributed by atoms with van der Waals surface area (Å²) < 4.78 is 5.21. The fraction of sp³-hybridized carbons (Fsp3) is 0.800. The number of nitrogens with zero attached hydrogens (tertiary/aromatic N) is 3. The maximum absolute atomic E-state index is 12.5. The highest BCUT2D eigenvalue weighted by atomic mass is 35.5. The molecule has 0 spiro atoms. The molecule has 0 aromatic carbocycles. The van der Waals surface area contributed by atoms with Gasteiger partial charge in [-0.2, -0.15) is 4.98 Å². The molecular weight excluding hydrogens is 304 g/mol. The molecule has 0 radical (unpaired) electrons.